The summed E-state index contributed by atoms with van der Waals surface area (Å²) < 4.78 is 45.1. The summed E-state index contributed by atoms with van der Waals surface area (Å²) in [5, 5.41) is 10.7. The Bertz CT molecular complexity index is 1790. The maximum absolute atomic E-state index is 13.3. The molecule has 1 N–H and O–H groups in total. The summed E-state index contributed by atoms with van der Waals surface area (Å²) in [6.45, 7) is 8.60. The van der Waals surface area contributed by atoms with Crippen LogP contribution >= 0.6 is 0 Å². The van der Waals surface area contributed by atoms with Gasteiger partial charge >= 0.3 is 12.1 Å². The number of halogens is 3. The highest BCUT2D eigenvalue weighted by molar-refractivity contribution is 5.83. The second-order valence-electron chi connectivity index (χ2n) is 11.6. The fourth-order valence-corrected chi connectivity index (χ4v) is 5.48. The number of para-hydroxylation sites is 1. The molecule has 2 aromatic heterocycles. The third-order valence-electron chi connectivity index (χ3n) is 8.22. The molecule has 0 saturated heterocycles. The Labute approximate surface area is 255 Å². The molecule has 2 heterocycles. The smallest absolute Gasteiger partial charge is 0.449 e. The van der Waals surface area contributed by atoms with Crippen molar-refractivity contribution in [3.63, 3.8) is 0 Å². The van der Waals surface area contributed by atoms with E-state index in [9.17, 15) is 23.1 Å². The van der Waals surface area contributed by atoms with Crippen LogP contribution < -0.4 is 0 Å². The lowest BCUT2D eigenvalue weighted by molar-refractivity contribution is -0.153. The molecular weight excluding hydrogens is 565 g/mol. The van der Waals surface area contributed by atoms with Crippen molar-refractivity contribution in [2.75, 3.05) is 0 Å². The van der Waals surface area contributed by atoms with Gasteiger partial charge in [-0.1, -0.05) is 73.7 Å². The van der Waals surface area contributed by atoms with Gasteiger partial charge in [-0.05, 0) is 78.8 Å². The maximum Gasteiger partial charge on any atom is 0.449 e. The first-order valence-corrected chi connectivity index (χ1v) is 14.6. The van der Waals surface area contributed by atoms with Gasteiger partial charge in [0.25, 0.3) is 0 Å². The Balaban J connectivity index is 1.47. The number of nitrogens with zero attached hydrogens (tertiary/aromatic N) is 2. The molecule has 44 heavy (non-hydrogen) atoms. The lowest BCUT2D eigenvalue weighted by Gasteiger charge is -2.24. The molecule has 0 atom stereocenters. The summed E-state index contributed by atoms with van der Waals surface area (Å²) in [6, 6.07) is 25.8. The van der Waals surface area contributed by atoms with Gasteiger partial charge in [-0.25, -0.2) is 0 Å². The molecule has 228 valence electrons. The van der Waals surface area contributed by atoms with Crippen LogP contribution in [0.25, 0.3) is 22.0 Å². The van der Waals surface area contributed by atoms with E-state index in [-0.39, 0.29) is 12.3 Å². The van der Waals surface area contributed by atoms with E-state index in [0.717, 1.165) is 56.9 Å². The zero-order valence-corrected chi connectivity index (χ0v) is 25.2. The highest BCUT2D eigenvalue weighted by Gasteiger charge is 2.35. The van der Waals surface area contributed by atoms with Gasteiger partial charge in [-0.3, -0.25) is 14.7 Å². The molecule has 5 aromatic rings. The molecule has 5 rings (SSSR count). The molecule has 0 bridgehead atoms. The molecule has 0 saturated carbocycles. The van der Waals surface area contributed by atoms with Crippen molar-refractivity contribution in [3.05, 3.63) is 124 Å². The number of hydrogen-bond acceptors (Lipinski definition) is 4. The van der Waals surface area contributed by atoms with Crippen LogP contribution in [0.3, 0.4) is 0 Å². The van der Waals surface area contributed by atoms with Crippen molar-refractivity contribution in [2.24, 2.45) is 0 Å². The number of aliphatic carboxylic acids is 1. The normalized spacial score (nSPS) is 12.3. The third kappa shape index (κ3) is 6.55. The van der Waals surface area contributed by atoms with Crippen LogP contribution in [0.5, 0.6) is 0 Å². The molecular formula is C36H35F3N2O3. The molecule has 3 aromatic carbocycles. The number of aryl methyl sites for hydroxylation is 1. The lowest BCUT2D eigenvalue weighted by atomic mass is 9.83. The summed E-state index contributed by atoms with van der Waals surface area (Å²) in [7, 11) is 0. The van der Waals surface area contributed by atoms with Gasteiger partial charge in [0.15, 0.2) is 0 Å². The van der Waals surface area contributed by atoms with E-state index in [1.807, 2.05) is 72.8 Å². The minimum Gasteiger partial charge on any atom is -0.481 e. The van der Waals surface area contributed by atoms with Gasteiger partial charge in [0.2, 0.25) is 5.76 Å². The van der Waals surface area contributed by atoms with Crippen LogP contribution in [0.4, 0.5) is 13.2 Å². The number of pyridine rings is 1. The van der Waals surface area contributed by atoms with Gasteiger partial charge < -0.3 is 9.52 Å². The van der Waals surface area contributed by atoms with E-state index in [2.05, 4.69) is 18.7 Å². The Morgan fingerprint density at radius 3 is 2.27 bits per heavy atom. The minimum atomic E-state index is -4.55. The molecule has 0 aliphatic rings. The SMILES string of the molecule is CCc1nc2ccccc2c(CN(Cc2ccc(-c3cccc(C(C)(C)C(=O)O)c3)cc2)Cc2ccc(C(F)(F)F)o2)c1C. The molecule has 0 aliphatic heterocycles. The number of aromatic nitrogens is 1. The van der Waals surface area contributed by atoms with Crippen LogP contribution in [-0.2, 0) is 42.4 Å². The van der Waals surface area contributed by atoms with E-state index >= 15 is 0 Å². The zero-order chi connectivity index (χ0) is 31.6. The van der Waals surface area contributed by atoms with Crippen molar-refractivity contribution < 1.29 is 27.5 Å². The number of fused-ring (bicyclic) bond motifs is 1. The molecule has 0 aliphatic carbocycles. The highest BCUT2D eigenvalue weighted by atomic mass is 19.4. The number of carboxylic acids is 1. The fourth-order valence-electron chi connectivity index (χ4n) is 5.48. The number of hydrogen-bond donors (Lipinski definition) is 1. The Hall–Kier alpha value is -4.43. The second kappa shape index (κ2) is 12.3. The van der Waals surface area contributed by atoms with Gasteiger partial charge in [0, 0.05) is 24.2 Å². The molecule has 0 radical (unpaired) electrons. The number of alkyl halides is 3. The number of carboxylic acid groups (broad SMARTS) is 1. The van der Waals surface area contributed by atoms with E-state index in [0.29, 0.717) is 18.7 Å². The summed E-state index contributed by atoms with van der Waals surface area (Å²) in [4.78, 5) is 18.7. The number of furan rings is 1. The first-order chi connectivity index (χ1) is 20.9. The van der Waals surface area contributed by atoms with Crippen LogP contribution in [0.1, 0.15) is 60.2 Å². The first kappa shape index (κ1) is 31.0. The van der Waals surface area contributed by atoms with Crippen molar-refractivity contribution in [1.29, 1.82) is 0 Å². The van der Waals surface area contributed by atoms with E-state index < -0.39 is 23.3 Å². The Morgan fingerprint density at radius 1 is 0.886 bits per heavy atom. The second-order valence-corrected chi connectivity index (χ2v) is 11.6. The summed E-state index contributed by atoms with van der Waals surface area (Å²) in [6.07, 6.45) is -3.78. The quantitative estimate of drug-likeness (QED) is 0.173. The number of rotatable bonds is 10. The number of carbonyl (C=O) groups is 1. The molecule has 5 nitrogen and oxygen atoms in total. The fraction of sp³-hybridized carbons (Fsp3) is 0.278. The Kier molecular flexibility index (Phi) is 8.66. The standard InChI is InChI=1S/C36H35F3N2O3/c1-5-31-23(2)30(29-11-6-7-12-32(29)40-31)22-41(21-28-17-18-33(44-28)36(37,38)39)20-24-13-15-25(16-14-24)26-9-8-10-27(19-26)35(3,4)34(42)43/h6-19H,5,20-22H2,1-4H3,(H,42,43). The zero-order valence-electron chi connectivity index (χ0n) is 25.2. The van der Waals surface area contributed by atoms with Crippen LogP contribution in [0, 0.1) is 6.92 Å². The molecule has 0 amide bonds. The third-order valence-corrected chi connectivity index (χ3v) is 8.22. The van der Waals surface area contributed by atoms with E-state index in [1.54, 1.807) is 13.8 Å². The van der Waals surface area contributed by atoms with Crippen molar-refractivity contribution in [3.8, 4) is 11.1 Å². The minimum absolute atomic E-state index is 0.182. The van der Waals surface area contributed by atoms with Crippen LogP contribution in [0.2, 0.25) is 0 Å². The van der Waals surface area contributed by atoms with Crippen molar-refractivity contribution in [2.45, 2.75) is 65.3 Å². The lowest BCUT2D eigenvalue weighted by Crippen LogP contribution is -2.28. The average Bonchev–Trinajstić information content (AvgIpc) is 3.48. The monoisotopic (exact) mass is 600 g/mol. The largest absolute Gasteiger partial charge is 0.481 e. The number of benzene rings is 3. The predicted octanol–water partition coefficient (Wildman–Crippen LogP) is 8.95. The topological polar surface area (TPSA) is 66.6 Å². The summed E-state index contributed by atoms with van der Waals surface area (Å²) >= 11 is 0. The molecule has 0 fully saturated rings. The first-order valence-electron chi connectivity index (χ1n) is 14.6. The van der Waals surface area contributed by atoms with Crippen molar-refractivity contribution in [1.82, 2.24) is 9.88 Å². The highest BCUT2D eigenvalue weighted by Crippen LogP contribution is 2.33. The maximum atomic E-state index is 13.3. The van der Waals surface area contributed by atoms with Gasteiger partial charge in [0.05, 0.1) is 17.5 Å². The van der Waals surface area contributed by atoms with Crippen LogP contribution in [-0.4, -0.2) is 21.0 Å². The van der Waals surface area contributed by atoms with Crippen molar-refractivity contribution >= 4 is 16.9 Å². The van der Waals surface area contributed by atoms with E-state index in [1.165, 1.54) is 6.07 Å². The average molecular weight is 601 g/mol. The molecule has 0 spiro atoms. The summed E-state index contributed by atoms with van der Waals surface area (Å²) in [5.74, 6) is -1.67. The Morgan fingerprint density at radius 2 is 1.61 bits per heavy atom. The van der Waals surface area contributed by atoms with Gasteiger partial charge in [-0.2, -0.15) is 13.2 Å². The van der Waals surface area contributed by atoms with E-state index in [4.69, 9.17) is 9.40 Å². The molecule has 0 unspecified atom stereocenters. The van der Waals surface area contributed by atoms with Gasteiger partial charge in [0.1, 0.15) is 5.76 Å². The molecule has 8 heteroatoms. The van der Waals surface area contributed by atoms with Gasteiger partial charge in [-0.15, -0.1) is 0 Å². The predicted molar refractivity (Wildman–Crippen MR) is 165 cm³/mol. The summed E-state index contributed by atoms with van der Waals surface area (Å²) in [5.41, 5.74) is 6.55. The van der Waals surface area contributed by atoms with Crippen LogP contribution in [0.15, 0.2) is 89.3 Å².